The van der Waals surface area contributed by atoms with Crippen molar-refractivity contribution >= 4 is 14.5 Å². The lowest BCUT2D eigenvalue weighted by Gasteiger charge is -2.01. The number of hydrogen-bond donors (Lipinski definition) is 0. The molecule has 0 saturated carbocycles. The van der Waals surface area contributed by atoms with Gasteiger partial charge in [-0.25, -0.2) is 9.37 Å². The first kappa shape index (κ1) is 9.28. The minimum Gasteiger partial charge on any atom is -0.255 e. The van der Waals surface area contributed by atoms with Crippen LogP contribution in [-0.2, 0) is 7.05 Å². The summed E-state index contributed by atoms with van der Waals surface area (Å²) in [5.41, 5.74) is 0.443. The molecule has 0 N–H and O–H groups in total. The molecule has 5 heteroatoms. The molecule has 14 heavy (non-hydrogen) atoms. The molecule has 0 bridgehead atoms. The Labute approximate surface area is 83.2 Å². The van der Waals surface area contributed by atoms with Gasteiger partial charge in [0.25, 0.3) is 0 Å². The maximum atomic E-state index is 13.4. The lowest BCUT2D eigenvalue weighted by atomic mass is 10.2. The fourth-order valence-corrected chi connectivity index (χ4v) is 1.61. The first-order chi connectivity index (χ1) is 6.68. The normalized spacial score (nSPS) is 10.5. The third kappa shape index (κ3) is 1.53. The van der Waals surface area contributed by atoms with E-state index in [1.165, 1.54) is 6.07 Å². The lowest BCUT2D eigenvalue weighted by Crippen LogP contribution is -2.01. The highest BCUT2D eigenvalue weighted by atomic mass is 31.0. The van der Waals surface area contributed by atoms with Gasteiger partial charge in [-0.2, -0.15) is 5.10 Å². The fourth-order valence-electron chi connectivity index (χ4n) is 1.23. The van der Waals surface area contributed by atoms with Crippen molar-refractivity contribution in [1.29, 1.82) is 0 Å². The molecule has 0 aliphatic rings. The van der Waals surface area contributed by atoms with Crippen LogP contribution in [0.4, 0.5) is 4.39 Å². The predicted octanol–water partition coefficient (Wildman–Crippen LogP) is 1.12. The number of nitrogens with zero attached hydrogens (tertiary/aromatic N) is 3. The maximum absolute atomic E-state index is 13.4. The number of hydrogen-bond acceptors (Lipinski definition) is 2. The van der Waals surface area contributed by atoms with Gasteiger partial charge in [0, 0.05) is 7.05 Å². The van der Waals surface area contributed by atoms with Crippen molar-refractivity contribution in [3.63, 3.8) is 0 Å². The van der Waals surface area contributed by atoms with E-state index in [2.05, 4.69) is 19.3 Å². The first-order valence-corrected chi connectivity index (χ1v) is 4.66. The fraction of sp³-hybridized carbons (Fsp3) is 0.111. The standard InChI is InChI=1S/C9H9FN3P/c1-13-5-11-9(12-13)8-6(10)3-2-4-7(8)14/h2-5H,14H2,1H3. The van der Waals surface area contributed by atoms with Crippen molar-refractivity contribution < 1.29 is 4.39 Å². The number of rotatable bonds is 1. The number of aromatic nitrogens is 3. The summed E-state index contributed by atoms with van der Waals surface area (Å²) in [6, 6.07) is 4.86. The molecular weight excluding hydrogens is 200 g/mol. The monoisotopic (exact) mass is 209 g/mol. The van der Waals surface area contributed by atoms with E-state index in [4.69, 9.17) is 0 Å². The molecule has 3 nitrogen and oxygen atoms in total. The van der Waals surface area contributed by atoms with Crippen molar-refractivity contribution in [3.8, 4) is 11.4 Å². The van der Waals surface area contributed by atoms with Crippen molar-refractivity contribution in [1.82, 2.24) is 14.8 Å². The summed E-state index contributed by atoms with van der Waals surface area (Å²) in [6.45, 7) is 0. The van der Waals surface area contributed by atoms with Gasteiger partial charge in [0.05, 0.1) is 5.56 Å². The average molecular weight is 209 g/mol. The molecule has 0 spiro atoms. The van der Waals surface area contributed by atoms with E-state index in [1.54, 1.807) is 30.2 Å². The summed E-state index contributed by atoms with van der Waals surface area (Å²) in [6.07, 6.45) is 1.55. The van der Waals surface area contributed by atoms with Crippen LogP contribution < -0.4 is 5.30 Å². The van der Waals surface area contributed by atoms with E-state index in [-0.39, 0.29) is 5.82 Å². The Morgan fingerprint density at radius 3 is 2.79 bits per heavy atom. The van der Waals surface area contributed by atoms with Crippen LogP contribution in [-0.4, -0.2) is 14.8 Å². The summed E-state index contributed by atoms with van der Waals surface area (Å²) in [7, 11) is 4.22. The second-order valence-corrected chi connectivity index (χ2v) is 3.57. The topological polar surface area (TPSA) is 30.7 Å². The van der Waals surface area contributed by atoms with Gasteiger partial charge in [-0.3, -0.25) is 4.68 Å². The minimum absolute atomic E-state index is 0.302. The average Bonchev–Trinajstić information content (AvgIpc) is 2.51. The molecule has 1 aromatic heterocycles. The molecule has 0 aliphatic carbocycles. The minimum atomic E-state index is -0.302. The first-order valence-electron chi connectivity index (χ1n) is 4.08. The van der Waals surface area contributed by atoms with Crippen LogP contribution in [0, 0.1) is 5.82 Å². The molecule has 1 atom stereocenters. The van der Waals surface area contributed by atoms with E-state index in [0.29, 0.717) is 11.4 Å². The number of halogens is 1. The summed E-state index contributed by atoms with van der Waals surface area (Å²) in [4.78, 5) is 4.01. The Morgan fingerprint density at radius 1 is 1.43 bits per heavy atom. The molecular formula is C9H9FN3P. The Hall–Kier alpha value is -1.28. The van der Waals surface area contributed by atoms with Crippen LogP contribution in [0.1, 0.15) is 0 Å². The van der Waals surface area contributed by atoms with Crippen molar-refractivity contribution in [2.45, 2.75) is 0 Å². The van der Waals surface area contributed by atoms with Gasteiger partial charge >= 0.3 is 0 Å². The zero-order chi connectivity index (χ0) is 10.1. The maximum Gasteiger partial charge on any atom is 0.184 e. The molecule has 1 heterocycles. The highest BCUT2D eigenvalue weighted by Gasteiger charge is 2.11. The third-order valence-corrected chi connectivity index (χ3v) is 2.35. The van der Waals surface area contributed by atoms with Crippen molar-refractivity contribution in [2.24, 2.45) is 7.05 Å². The van der Waals surface area contributed by atoms with E-state index in [0.717, 1.165) is 5.30 Å². The van der Waals surface area contributed by atoms with Gasteiger partial charge in [0.1, 0.15) is 12.1 Å². The summed E-state index contributed by atoms with van der Waals surface area (Å²) < 4.78 is 15.0. The van der Waals surface area contributed by atoms with Gasteiger partial charge in [0.2, 0.25) is 0 Å². The Balaban J connectivity index is 2.61. The Kier molecular flexibility index (Phi) is 2.30. The second kappa shape index (κ2) is 3.46. The number of benzene rings is 1. The van der Waals surface area contributed by atoms with Crippen LogP contribution in [0.5, 0.6) is 0 Å². The summed E-state index contributed by atoms with van der Waals surface area (Å²) in [5, 5.41) is 4.82. The van der Waals surface area contributed by atoms with Gasteiger partial charge in [-0.05, 0) is 11.4 Å². The van der Waals surface area contributed by atoms with Gasteiger partial charge in [0.15, 0.2) is 5.82 Å². The van der Waals surface area contributed by atoms with Crippen LogP contribution >= 0.6 is 9.24 Å². The molecule has 0 radical (unpaired) electrons. The summed E-state index contributed by atoms with van der Waals surface area (Å²) >= 11 is 0. The van der Waals surface area contributed by atoms with Crippen LogP contribution in [0.3, 0.4) is 0 Å². The molecule has 0 aliphatic heterocycles. The molecule has 2 aromatic rings. The molecule has 72 valence electrons. The molecule has 0 amide bonds. The highest BCUT2D eigenvalue weighted by Crippen LogP contribution is 2.17. The van der Waals surface area contributed by atoms with Crippen molar-refractivity contribution in [3.05, 3.63) is 30.3 Å². The second-order valence-electron chi connectivity index (χ2n) is 2.95. The zero-order valence-corrected chi connectivity index (χ0v) is 8.76. The Bertz CT molecular complexity index is 447. The molecule has 1 aromatic carbocycles. The van der Waals surface area contributed by atoms with Crippen LogP contribution in [0.15, 0.2) is 24.5 Å². The van der Waals surface area contributed by atoms with Crippen LogP contribution in [0.25, 0.3) is 11.4 Å². The number of aryl methyl sites for hydroxylation is 1. The predicted molar refractivity (Wildman–Crippen MR) is 55.7 cm³/mol. The Morgan fingerprint density at radius 2 is 2.21 bits per heavy atom. The quantitative estimate of drug-likeness (QED) is 0.659. The molecule has 2 rings (SSSR count). The van der Waals surface area contributed by atoms with Gasteiger partial charge in [-0.1, -0.05) is 12.1 Å². The SMILES string of the molecule is Cn1cnc(-c2c(F)cccc2P)n1. The third-order valence-electron chi connectivity index (χ3n) is 1.87. The van der Waals surface area contributed by atoms with E-state index >= 15 is 0 Å². The van der Waals surface area contributed by atoms with Gasteiger partial charge < -0.3 is 0 Å². The van der Waals surface area contributed by atoms with E-state index in [1.807, 2.05) is 0 Å². The molecule has 0 saturated heterocycles. The lowest BCUT2D eigenvalue weighted by molar-refractivity contribution is 0.630. The molecule has 1 unspecified atom stereocenters. The van der Waals surface area contributed by atoms with E-state index < -0.39 is 0 Å². The molecule has 0 fully saturated rings. The summed E-state index contributed by atoms with van der Waals surface area (Å²) in [5.74, 6) is 0.110. The highest BCUT2D eigenvalue weighted by molar-refractivity contribution is 7.27. The van der Waals surface area contributed by atoms with Crippen molar-refractivity contribution in [2.75, 3.05) is 0 Å². The smallest absolute Gasteiger partial charge is 0.184 e. The van der Waals surface area contributed by atoms with E-state index in [9.17, 15) is 4.39 Å². The van der Waals surface area contributed by atoms with Crippen LogP contribution in [0.2, 0.25) is 0 Å². The van der Waals surface area contributed by atoms with Gasteiger partial charge in [-0.15, -0.1) is 9.24 Å². The zero-order valence-electron chi connectivity index (χ0n) is 7.61. The largest absolute Gasteiger partial charge is 0.255 e.